The number of halogens is 3. The second-order valence-corrected chi connectivity index (χ2v) is 4.95. The highest BCUT2D eigenvalue weighted by Crippen LogP contribution is 2.35. The molecular weight excluding hydrogens is 213 g/mol. The van der Waals surface area contributed by atoms with Crippen LogP contribution >= 0.6 is 0 Å². The summed E-state index contributed by atoms with van der Waals surface area (Å²) in [4.78, 5) is 0. The van der Waals surface area contributed by atoms with Crippen LogP contribution in [0.5, 0.6) is 0 Å². The lowest BCUT2D eigenvalue weighted by atomic mass is 9.78. The Balaban J connectivity index is 2.96. The Morgan fingerprint density at radius 1 is 0.938 bits per heavy atom. The molecule has 0 radical (unpaired) electrons. The van der Waals surface area contributed by atoms with Crippen molar-refractivity contribution in [2.45, 2.75) is 33.9 Å². The Kier molecular flexibility index (Phi) is 3.27. The minimum Gasteiger partial charge on any atom is -0.166 e. The van der Waals surface area contributed by atoms with E-state index in [1.807, 2.05) is 27.7 Å². The molecule has 0 aliphatic rings. The lowest BCUT2D eigenvalue weighted by molar-refractivity contribution is -0.137. The van der Waals surface area contributed by atoms with Gasteiger partial charge in [0.05, 0.1) is 5.56 Å². The highest BCUT2D eigenvalue weighted by Gasteiger charge is 2.33. The van der Waals surface area contributed by atoms with Crippen molar-refractivity contribution in [2.75, 3.05) is 0 Å². The Bertz CT molecular complexity index is 341. The first-order chi connectivity index (χ1) is 7.12. The Morgan fingerprint density at radius 2 is 1.38 bits per heavy atom. The molecule has 1 aromatic rings. The van der Waals surface area contributed by atoms with Gasteiger partial charge in [-0.25, -0.2) is 0 Å². The van der Waals surface area contributed by atoms with Gasteiger partial charge in [0.15, 0.2) is 0 Å². The molecule has 1 rings (SSSR count). The molecule has 0 N–H and O–H groups in total. The van der Waals surface area contributed by atoms with Gasteiger partial charge >= 0.3 is 6.18 Å². The summed E-state index contributed by atoms with van der Waals surface area (Å²) in [6, 6.07) is 5.32. The molecular formula is C13H16F3+. The van der Waals surface area contributed by atoms with Crippen LogP contribution in [0, 0.1) is 11.3 Å². The first kappa shape index (κ1) is 12.9. The van der Waals surface area contributed by atoms with E-state index >= 15 is 0 Å². The van der Waals surface area contributed by atoms with Crippen molar-refractivity contribution in [3.05, 3.63) is 41.3 Å². The van der Waals surface area contributed by atoms with Crippen LogP contribution in [-0.4, -0.2) is 0 Å². The molecule has 0 fully saturated rings. The number of benzene rings is 1. The summed E-state index contributed by atoms with van der Waals surface area (Å²) >= 11 is 0. The van der Waals surface area contributed by atoms with Crippen LogP contribution in [0.2, 0.25) is 0 Å². The second-order valence-electron chi connectivity index (χ2n) is 4.95. The number of rotatable bonds is 1. The molecule has 0 nitrogen and oxygen atoms in total. The normalized spacial score (nSPS) is 12.7. The zero-order valence-corrected chi connectivity index (χ0v) is 9.94. The third-order valence-corrected chi connectivity index (χ3v) is 2.77. The molecule has 0 bridgehead atoms. The summed E-state index contributed by atoms with van der Waals surface area (Å²) in [5.74, 6) is 1.08. The Hall–Kier alpha value is -1.12. The number of hydrogen-bond acceptors (Lipinski definition) is 0. The van der Waals surface area contributed by atoms with E-state index in [1.54, 1.807) is 0 Å². The molecule has 0 aliphatic heterocycles. The molecule has 0 amide bonds. The van der Waals surface area contributed by atoms with Gasteiger partial charge in [-0.3, -0.25) is 0 Å². The maximum atomic E-state index is 12.3. The lowest BCUT2D eigenvalue weighted by Gasteiger charge is -2.21. The van der Waals surface area contributed by atoms with Gasteiger partial charge in [0, 0.05) is 42.5 Å². The smallest absolute Gasteiger partial charge is 0.166 e. The van der Waals surface area contributed by atoms with Gasteiger partial charge in [0.2, 0.25) is 0 Å². The van der Waals surface area contributed by atoms with Crippen molar-refractivity contribution in [1.82, 2.24) is 0 Å². The molecule has 0 spiro atoms. The monoisotopic (exact) mass is 229 g/mol. The van der Waals surface area contributed by atoms with Gasteiger partial charge in [-0.1, -0.05) is 0 Å². The third kappa shape index (κ3) is 2.94. The summed E-state index contributed by atoms with van der Waals surface area (Å²) in [6.07, 6.45) is -4.26. The first-order valence-corrected chi connectivity index (χ1v) is 5.14. The maximum Gasteiger partial charge on any atom is 0.418 e. The fourth-order valence-corrected chi connectivity index (χ4v) is 1.34. The van der Waals surface area contributed by atoms with Crippen LogP contribution < -0.4 is 0 Å². The molecule has 0 aliphatic carbocycles. The molecule has 0 saturated carbocycles. The Labute approximate surface area is 94.5 Å². The van der Waals surface area contributed by atoms with Crippen molar-refractivity contribution in [1.29, 1.82) is 0 Å². The topological polar surface area (TPSA) is 0 Å². The number of hydrogen-bond donors (Lipinski definition) is 0. The molecule has 0 aromatic heterocycles. The molecule has 16 heavy (non-hydrogen) atoms. The van der Waals surface area contributed by atoms with Crippen molar-refractivity contribution in [3.8, 4) is 0 Å². The van der Waals surface area contributed by atoms with Crippen LogP contribution in [0.3, 0.4) is 0 Å². The van der Waals surface area contributed by atoms with Crippen molar-refractivity contribution in [3.63, 3.8) is 0 Å². The van der Waals surface area contributed by atoms with E-state index in [4.69, 9.17) is 0 Å². The third-order valence-electron chi connectivity index (χ3n) is 2.77. The van der Waals surface area contributed by atoms with E-state index < -0.39 is 11.7 Å². The number of alkyl halides is 3. The van der Waals surface area contributed by atoms with E-state index in [2.05, 4.69) is 0 Å². The van der Waals surface area contributed by atoms with E-state index in [0.717, 1.165) is 23.6 Å². The molecule has 0 heterocycles. The highest BCUT2D eigenvalue weighted by atomic mass is 19.4. The zero-order chi connectivity index (χ0) is 12.6. The summed E-state index contributed by atoms with van der Waals surface area (Å²) in [7, 11) is 0. The zero-order valence-electron chi connectivity index (χ0n) is 9.94. The van der Waals surface area contributed by atoms with Gasteiger partial charge in [-0.2, -0.15) is 13.2 Å². The highest BCUT2D eigenvalue weighted by molar-refractivity contribution is 5.35. The second kappa shape index (κ2) is 4.04. The minimum atomic E-state index is -4.26. The summed E-state index contributed by atoms with van der Waals surface area (Å²) < 4.78 is 37.0. The molecule has 88 valence electrons. The fraction of sp³-hybridized carbons (Fsp3) is 0.462. The Morgan fingerprint density at radius 3 is 1.69 bits per heavy atom. The van der Waals surface area contributed by atoms with Crippen molar-refractivity contribution >= 4 is 0 Å². The van der Waals surface area contributed by atoms with E-state index in [1.165, 1.54) is 12.1 Å². The van der Waals surface area contributed by atoms with Crippen LogP contribution in [0.25, 0.3) is 0 Å². The largest absolute Gasteiger partial charge is 0.418 e. The standard InChI is InChI=1S/C13H16F3/c1-9(12(2,3)4)10-5-7-11(8-6-10)13(14,15)16/h5-8H,1-4H3/q+1. The minimum absolute atomic E-state index is 0.0280. The van der Waals surface area contributed by atoms with Gasteiger partial charge in [-0.15, -0.1) is 0 Å². The fourth-order valence-electron chi connectivity index (χ4n) is 1.34. The lowest BCUT2D eigenvalue weighted by Crippen LogP contribution is -2.16. The van der Waals surface area contributed by atoms with E-state index in [-0.39, 0.29) is 5.41 Å². The van der Waals surface area contributed by atoms with E-state index in [9.17, 15) is 13.2 Å². The van der Waals surface area contributed by atoms with Crippen LogP contribution in [0.15, 0.2) is 24.3 Å². The molecule has 0 atom stereocenters. The summed E-state index contributed by atoms with van der Waals surface area (Å²) in [5.41, 5.74) is 0.234. The molecule has 1 aromatic carbocycles. The predicted octanol–water partition coefficient (Wildman–Crippen LogP) is 4.69. The maximum absolute atomic E-state index is 12.3. The van der Waals surface area contributed by atoms with Crippen LogP contribution in [-0.2, 0) is 6.18 Å². The first-order valence-electron chi connectivity index (χ1n) is 5.14. The van der Waals surface area contributed by atoms with Gasteiger partial charge in [0.1, 0.15) is 5.56 Å². The summed E-state index contributed by atoms with van der Waals surface area (Å²) in [6.45, 7) is 8.07. The van der Waals surface area contributed by atoms with E-state index in [0.29, 0.717) is 0 Å². The molecule has 3 heteroatoms. The van der Waals surface area contributed by atoms with Gasteiger partial charge < -0.3 is 0 Å². The average Bonchev–Trinajstić information content (AvgIpc) is 2.14. The van der Waals surface area contributed by atoms with Gasteiger partial charge in [-0.05, 0) is 20.8 Å². The van der Waals surface area contributed by atoms with Gasteiger partial charge in [0.25, 0.3) is 0 Å². The molecule has 0 unspecified atom stereocenters. The van der Waals surface area contributed by atoms with Crippen molar-refractivity contribution < 1.29 is 13.2 Å². The SMILES string of the molecule is C[C+](c1ccc(C(F)(F)F)cc1)C(C)(C)C. The van der Waals surface area contributed by atoms with Crippen LogP contribution in [0.4, 0.5) is 13.2 Å². The quantitative estimate of drug-likeness (QED) is 0.612. The molecule has 0 saturated heterocycles. The van der Waals surface area contributed by atoms with Crippen LogP contribution in [0.1, 0.15) is 38.8 Å². The summed E-state index contributed by atoms with van der Waals surface area (Å²) in [5, 5.41) is 0. The van der Waals surface area contributed by atoms with Crippen molar-refractivity contribution in [2.24, 2.45) is 5.41 Å². The predicted molar refractivity (Wildman–Crippen MR) is 58.9 cm³/mol. The average molecular weight is 229 g/mol.